The topological polar surface area (TPSA) is 92.4 Å². The molecule has 0 aliphatic heterocycles. The van der Waals surface area contributed by atoms with Gasteiger partial charge in [-0.1, -0.05) is 0 Å². The van der Waals surface area contributed by atoms with E-state index in [1.54, 1.807) is 32.5 Å². The fourth-order valence-electron chi connectivity index (χ4n) is 1.69. The number of ether oxygens (including phenoxy) is 1. The first-order valence-corrected chi connectivity index (χ1v) is 6.85. The molecule has 0 aromatic carbocycles. The van der Waals surface area contributed by atoms with Crippen LogP contribution in [0.25, 0.3) is 0 Å². The Morgan fingerprint density at radius 3 is 2.86 bits per heavy atom. The minimum absolute atomic E-state index is 0.251. The molecule has 2 amide bonds. The van der Waals surface area contributed by atoms with Crippen LogP contribution in [0.15, 0.2) is 18.5 Å². The Balaban J connectivity index is 2.62. The molecular formula is C14H22N4O3. The lowest BCUT2D eigenvalue weighted by atomic mass is 10.2. The van der Waals surface area contributed by atoms with Crippen LogP contribution in [0, 0.1) is 0 Å². The van der Waals surface area contributed by atoms with Crippen LogP contribution in [0.1, 0.15) is 24.2 Å². The quantitative estimate of drug-likeness (QED) is 0.603. The molecule has 3 N–H and O–H groups in total. The molecule has 1 heterocycles. The van der Waals surface area contributed by atoms with E-state index in [2.05, 4.69) is 20.9 Å². The number of methoxy groups -OCH3 is 1. The number of aromatic nitrogens is 1. The van der Waals surface area contributed by atoms with E-state index >= 15 is 0 Å². The van der Waals surface area contributed by atoms with Gasteiger partial charge in [0.25, 0.3) is 5.91 Å². The van der Waals surface area contributed by atoms with Gasteiger partial charge >= 0.3 is 0 Å². The molecule has 0 saturated carbocycles. The Bertz CT molecular complexity index is 479. The highest BCUT2D eigenvalue weighted by Crippen LogP contribution is 2.12. The molecule has 1 unspecified atom stereocenters. The van der Waals surface area contributed by atoms with Gasteiger partial charge in [-0.25, -0.2) is 0 Å². The highest BCUT2D eigenvalue weighted by Gasteiger charge is 2.18. The van der Waals surface area contributed by atoms with Crippen LogP contribution in [-0.4, -0.2) is 49.6 Å². The largest absolute Gasteiger partial charge is 0.383 e. The molecule has 0 aliphatic rings. The van der Waals surface area contributed by atoms with Gasteiger partial charge in [0.2, 0.25) is 5.91 Å². The van der Waals surface area contributed by atoms with E-state index in [-0.39, 0.29) is 11.8 Å². The SMILES string of the molecule is CCNc1cnccc1C(=O)NC(C)C(=O)NCCOC. The number of anilines is 1. The third kappa shape index (κ3) is 5.39. The molecule has 0 bridgehead atoms. The van der Waals surface area contributed by atoms with Gasteiger partial charge in [-0.2, -0.15) is 0 Å². The third-order valence-electron chi connectivity index (χ3n) is 2.78. The number of nitrogens with zero attached hydrogens (tertiary/aromatic N) is 1. The zero-order valence-electron chi connectivity index (χ0n) is 12.6. The molecule has 0 spiro atoms. The van der Waals surface area contributed by atoms with Crippen molar-refractivity contribution in [3.05, 3.63) is 24.0 Å². The van der Waals surface area contributed by atoms with E-state index in [9.17, 15) is 9.59 Å². The summed E-state index contributed by atoms with van der Waals surface area (Å²) in [5.41, 5.74) is 1.10. The molecule has 1 atom stereocenters. The van der Waals surface area contributed by atoms with Crippen molar-refractivity contribution in [2.75, 3.05) is 32.1 Å². The van der Waals surface area contributed by atoms with Gasteiger partial charge in [0, 0.05) is 26.4 Å². The summed E-state index contributed by atoms with van der Waals surface area (Å²) >= 11 is 0. The van der Waals surface area contributed by atoms with E-state index in [4.69, 9.17) is 4.74 Å². The minimum atomic E-state index is -0.628. The van der Waals surface area contributed by atoms with Crippen LogP contribution in [0.5, 0.6) is 0 Å². The van der Waals surface area contributed by atoms with Gasteiger partial charge in [0.05, 0.1) is 24.1 Å². The minimum Gasteiger partial charge on any atom is -0.383 e. The molecule has 21 heavy (non-hydrogen) atoms. The van der Waals surface area contributed by atoms with Gasteiger partial charge in [0.1, 0.15) is 6.04 Å². The fraction of sp³-hybridized carbons (Fsp3) is 0.500. The second-order valence-corrected chi connectivity index (χ2v) is 4.43. The highest BCUT2D eigenvalue weighted by atomic mass is 16.5. The number of nitrogens with one attached hydrogen (secondary N) is 3. The molecule has 0 aliphatic carbocycles. The van der Waals surface area contributed by atoms with E-state index in [0.717, 1.165) is 0 Å². The summed E-state index contributed by atoms with van der Waals surface area (Å²) in [5.74, 6) is -0.567. The summed E-state index contributed by atoms with van der Waals surface area (Å²) in [6, 6.07) is 0.986. The van der Waals surface area contributed by atoms with Crippen molar-refractivity contribution >= 4 is 17.5 Å². The van der Waals surface area contributed by atoms with Crippen molar-refractivity contribution in [2.45, 2.75) is 19.9 Å². The number of hydrogen-bond donors (Lipinski definition) is 3. The van der Waals surface area contributed by atoms with Crippen LogP contribution in [0.3, 0.4) is 0 Å². The van der Waals surface area contributed by atoms with Crippen LogP contribution in [-0.2, 0) is 9.53 Å². The fourth-order valence-corrected chi connectivity index (χ4v) is 1.69. The van der Waals surface area contributed by atoms with Crippen molar-refractivity contribution in [3.63, 3.8) is 0 Å². The van der Waals surface area contributed by atoms with Crippen molar-refractivity contribution in [1.29, 1.82) is 0 Å². The van der Waals surface area contributed by atoms with E-state index in [0.29, 0.717) is 30.9 Å². The van der Waals surface area contributed by atoms with Gasteiger partial charge in [-0.15, -0.1) is 0 Å². The number of amides is 2. The molecule has 1 rings (SSSR count). The zero-order chi connectivity index (χ0) is 15.7. The van der Waals surface area contributed by atoms with Crippen molar-refractivity contribution < 1.29 is 14.3 Å². The second-order valence-electron chi connectivity index (χ2n) is 4.43. The third-order valence-corrected chi connectivity index (χ3v) is 2.78. The van der Waals surface area contributed by atoms with Gasteiger partial charge in [-0.3, -0.25) is 14.6 Å². The Morgan fingerprint density at radius 1 is 1.43 bits per heavy atom. The summed E-state index contributed by atoms with van der Waals surface area (Å²) in [6.07, 6.45) is 3.13. The summed E-state index contributed by atoms with van der Waals surface area (Å²) < 4.78 is 4.85. The first kappa shape index (κ1) is 16.9. The van der Waals surface area contributed by atoms with Crippen molar-refractivity contribution in [3.8, 4) is 0 Å². The number of rotatable bonds is 8. The standard InChI is InChI=1S/C14H22N4O3/c1-4-16-12-9-15-6-5-11(12)14(20)18-10(2)13(19)17-7-8-21-3/h5-6,9-10,16H,4,7-8H2,1-3H3,(H,17,19)(H,18,20). The lowest BCUT2D eigenvalue weighted by Gasteiger charge is -2.15. The van der Waals surface area contributed by atoms with Gasteiger partial charge < -0.3 is 20.7 Å². The molecule has 1 aromatic rings. The maximum absolute atomic E-state index is 12.2. The van der Waals surface area contributed by atoms with E-state index < -0.39 is 6.04 Å². The number of hydrogen-bond acceptors (Lipinski definition) is 5. The lowest BCUT2D eigenvalue weighted by Crippen LogP contribution is -2.45. The average molecular weight is 294 g/mol. The molecule has 116 valence electrons. The predicted octanol–water partition coefficient (Wildman–Crippen LogP) is 0.394. The van der Waals surface area contributed by atoms with Crippen LogP contribution in [0.4, 0.5) is 5.69 Å². The normalized spacial score (nSPS) is 11.6. The smallest absolute Gasteiger partial charge is 0.254 e. The Kier molecular flexibility index (Phi) is 7.17. The predicted molar refractivity (Wildman–Crippen MR) is 80.2 cm³/mol. The maximum atomic E-state index is 12.2. The molecule has 7 nitrogen and oxygen atoms in total. The summed E-state index contributed by atoms with van der Waals surface area (Å²) in [4.78, 5) is 28.0. The number of pyridine rings is 1. The van der Waals surface area contributed by atoms with Crippen molar-refractivity contribution in [1.82, 2.24) is 15.6 Å². The Hall–Kier alpha value is -2.15. The molecule has 7 heteroatoms. The first-order chi connectivity index (χ1) is 10.1. The van der Waals surface area contributed by atoms with E-state index in [1.165, 1.54) is 0 Å². The number of carbonyl (C=O) groups excluding carboxylic acids is 2. The van der Waals surface area contributed by atoms with Crippen LogP contribution in [0.2, 0.25) is 0 Å². The second kappa shape index (κ2) is 8.91. The maximum Gasteiger partial charge on any atom is 0.254 e. The average Bonchev–Trinajstić information content (AvgIpc) is 2.48. The molecule has 1 aromatic heterocycles. The van der Waals surface area contributed by atoms with Crippen LogP contribution >= 0.6 is 0 Å². The summed E-state index contributed by atoms with van der Waals surface area (Å²) in [6.45, 7) is 5.09. The Morgan fingerprint density at radius 2 is 2.19 bits per heavy atom. The monoisotopic (exact) mass is 294 g/mol. The number of carbonyl (C=O) groups is 2. The first-order valence-electron chi connectivity index (χ1n) is 6.85. The summed E-state index contributed by atoms with van der Waals surface area (Å²) in [7, 11) is 1.56. The molecule has 0 fully saturated rings. The zero-order valence-corrected chi connectivity index (χ0v) is 12.6. The highest BCUT2D eigenvalue weighted by molar-refractivity contribution is 6.01. The van der Waals surface area contributed by atoms with Gasteiger partial charge in [-0.05, 0) is 19.9 Å². The Labute approximate surface area is 124 Å². The van der Waals surface area contributed by atoms with Crippen molar-refractivity contribution in [2.24, 2.45) is 0 Å². The lowest BCUT2D eigenvalue weighted by molar-refractivity contribution is -0.122. The summed E-state index contributed by atoms with van der Waals surface area (Å²) in [5, 5.41) is 8.40. The van der Waals surface area contributed by atoms with Gasteiger partial charge in [0.15, 0.2) is 0 Å². The molecule has 0 radical (unpaired) electrons. The molecule has 0 saturated heterocycles. The molecular weight excluding hydrogens is 272 g/mol. The van der Waals surface area contributed by atoms with E-state index in [1.807, 2.05) is 6.92 Å². The van der Waals surface area contributed by atoms with Crippen LogP contribution < -0.4 is 16.0 Å².